The first-order chi connectivity index (χ1) is 7.67. The summed E-state index contributed by atoms with van der Waals surface area (Å²) in [6.07, 6.45) is 1.49. The molecule has 0 spiro atoms. The van der Waals surface area contributed by atoms with Crippen molar-refractivity contribution >= 4 is 17.5 Å². The van der Waals surface area contributed by atoms with Gasteiger partial charge in [-0.15, -0.1) is 0 Å². The van der Waals surface area contributed by atoms with E-state index in [-0.39, 0.29) is 17.9 Å². The number of rotatable bonds is 5. The normalized spacial score (nSPS) is 17.4. The Morgan fingerprint density at radius 3 is 2.88 bits per heavy atom. The van der Waals surface area contributed by atoms with Crippen molar-refractivity contribution in [2.45, 2.75) is 32.2 Å². The second-order valence-electron chi connectivity index (χ2n) is 3.63. The van der Waals surface area contributed by atoms with Crippen LogP contribution in [-0.4, -0.2) is 37.3 Å². The predicted octanol–water partition coefficient (Wildman–Crippen LogP) is -0.206. The molecule has 1 aliphatic rings. The highest BCUT2D eigenvalue weighted by molar-refractivity contribution is 6.39. The van der Waals surface area contributed by atoms with Crippen LogP contribution in [0.25, 0.3) is 0 Å². The Hall–Kier alpha value is -1.43. The van der Waals surface area contributed by atoms with E-state index in [1.807, 2.05) is 6.92 Å². The van der Waals surface area contributed by atoms with Crippen LogP contribution in [0.4, 0.5) is 0 Å². The number of amides is 2. The first-order valence-electron chi connectivity index (χ1n) is 5.32. The monoisotopic (exact) mass is 227 g/mol. The Morgan fingerprint density at radius 1 is 1.62 bits per heavy atom. The molecular formula is C10H17N3O3. The van der Waals surface area contributed by atoms with Crippen molar-refractivity contribution in [3.05, 3.63) is 0 Å². The molecule has 6 heteroatoms. The van der Waals surface area contributed by atoms with Gasteiger partial charge in [-0.3, -0.25) is 9.59 Å². The Balaban J connectivity index is 2.48. The molecule has 0 aliphatic carbocycles. The van der Waals surface area contributed by atoms with Crippen LogP contribution in [0.3, 0.4) is 0 Å². The lowest BCUT2D eigenvalue weighted by Crippen LogP contribution is -2.43. The van der Waals surface area contributed by atoms with Gasteiger partial charge in [0.15, 0.2) is 0 Å². The summed E-state index contributed by atoms with van der Waals surface area (Å²) in [5.74, 6) is -0.385. The van der Waals surface area contributed by atoms with E-state index in [2.05, 4.69) is 15.8 Å². The number of ether oxygens (including phenoxy) is 1. The predicted molar refractivity (Wildman–Crippen MR) is 58.9 cm³/mol. The zero-order valence-electron chi connectivity index (χ0n) is 9.58. The largest absolute Gasteiger partial charge is 0.383 e. The van der Waals surface area contributed by atoms with Gasteiger partial charge in [0.25, 0.3) is 5.91 Å². The molecule has 2 amide bonds. The van der Waals surface area contributed by atoms with E-state index < -0.39 is 0 Å². The maximum Gasteiger partial charge on any atom is 0.267 e. The lowest BCUT2D eigenvalue weighted by atomic mass is 10.1. The summed E-state index contributed by atoms with van der Waals surface area (Å²) in [4.78, 5) is 22.5. The fraction of sp³-hybridized carbons (Fsp3) is 0.700. The molecule has 1 rings (SSSR count). The standard InChI is InChI=1S/C10H17N3O3/c1-3-7(6-16-2)11-10(15)8-4-5-9(14)13-12-8/h7H,3-6H2,1-2H3,(H,11,15)(H,13,14). The van der Waals surface area contributed by atoms with Crippen molar-refractivity contribution in [3.63, 3.8) is 0 Å². The summed E-state index contributed by atoms with van der Waals surface area (Å²) in [7, 11) is 1.59. The van der Waals surface area contributed by atoms with E-state index in [0.29, 0.717) is 25.2 Å². The van der Waals surface area contributed by atoms with Gasteiger partial charge in [0, 0.05) is 20.0 Å². The average molecular weight is 227 g/mol. The zero-order valence-corrected chi connectivity index (χ0v) is 9.58. The molecule has 0 aromatic heterocycles. The second kappa shape index (κ2) is 6.22. The molecule has 0 aromatic rings. The van der Waals surface area contributed by atoms with Crippen molar-refractivity contribution in [2.75, 3.05) is 13.7 Å². The summed E-state index contributed by atoms with van der Waals surface area (Å²) < 4.78 is 4.98. The number of nitrogens with zero attached hydrogens (tertiary/aromatic N) is 1. The fourth-order valence-electron chi connectivity index (χ4n) is 1.37. The van der Waals surface area contributed by atoms with Gasteiger partial charge in [-0.25, -0.2) is 5.43 Å². The molecule has 0 saturated carbocycles. The number of methoxy groups -OCH3 is 1. The Morgan fingerprint density at radius 2 is 2.38 bits per heavy atom. The molecule has 1 atom stereocenters. The summed E-state index contributed by atoms with van der Waals surface area (Å²) in [5, 5.41) is 6.53. The highest BCUT2D eigenvalue weighted by Crippen LogP contribution is 2.01. The third-order valence-electron chi connectivity index (χ3n) is 2.36. The molecule has 90 valence electrons. The molecule has 6 nitrogen and oxygen atoms in total. The first-order valence-corrected chi connectivity index (χ1v) is 5.32. The SMILES string of the molecule is CCC(COC)NC(=O)C1=NNC(=O)CC1. The van der Waals surface area contributed by atoms with E-state index in [9.17, 15) is 9.59 Å². The molecule has 0 aromatic carbocycles. The van der Waals surface area contributed by atoms with Crippen LogP contribution in [0.15, 0.2) is 5.10 Å². The van der Waals surface area contributed by atoms with E-state index in [1.54, 1.807) is 7.11 Å². The van der Waals surface area contributed by atoms with Gasteiger partial charge in [-0.05, 0) is 6.42 Å². The zero-order chi connectivity index (χ0) is 12.0. The lowest BCUT2D eigenvalue weighted by molar-refractivity contribution is -0.121. The van der Waals surface area contributed by atoms with Crippen LogP contribution in [0.1, 0.15) is 26.2 Å². The maximum atomic E-state index is 11.7. The van der Waals surface area contributed by atoms with Crippen LogP contribution >= 0.6 is 0 Å². The average Bonchev–Trinajstić information content (AvgIpc) is 2.29. The van der Waals surface area contributed by atoms with E-state index in [0.717, 1.165) is 6.42 Å². The third kappa shape index (κ3) is 3.62. The van der Waals surface area contributed by atoms with Crippen LogP contribution in [0.5, 0.6) is 0 Å². The van der Waals surface area contributed by atoms with Gasteiger partial charge in [0.2, 0.25) is 5.91 Å². The minimum absolute atomic E-state index is 0.0159. The molecule has 1 heterocycles. The number of hydrazone groups is 1. The molecule has 1 aliphatic heterocycles. The van der Waals surface area contributed by atoms with Gasteiger partial charge < -0.3 is 10.1 Å². The van der Waals surface area contributed by atoms with Crippen LogP contribution in [-0.2, 0) is 14.3 Å². The number of hydrogen-bond donors (Lipinski definition) is 2. The van der Waals surface area contributed by atoms with Crippen molar-refractivity contribution in [1.82, 2.24) is 10.7 Å². The van der Waals surface area contributed by atoms with Gasteiger partial charge in [-0.2, -0.15) is 5.10 Å². The van der Waals surface area contributed by atoms with Crippen LogP contribution in [0, 0.1) is 0 Å². The Kier molecular flexibility index (Phi) is 4.91. The van der Waals surface area contributed by atoms with E-state index in [1.165, 1.54) is 0 Å². The Bertz CT molecular complexity index is 302. The molecular weight excluding hydrogens is 210 g/mol. The molecule has 0 fully saturated rings. The highest BCUT2D eigenvalue weighted by Gasteiger charge is 2.20. The first kappa shape index (κ1) is 12.6. The quantitative estimate of drug-likeness (QED) is 0.682. The van der Waals surface area contributed by atoms with Crippen molar-refractivity contribution < 1.29 is 14.3 Å². The van der Waals surface area contributed by atoms with Crippen molar-refractivity contribution in [3.8, 4) is 0 Å². The topological polar surface area (TPSA) is 79.8 Å². The fourth-order valence-corrected chi connectivity index (χ4v) is 1.37. The van der Waals surface area contributed by atoms with Crippen LogP contribution in [0.2, 0.25) is 0 Å². The molecule has 1 unspecified atom stereocenters. The number of carbonyl (C=O) groups is 2. The number of carbonyl (C=O) groups excluding carboxylic acids is 2. The van der Waals surface area contributed by atoms with Gasteiger partial charge in [-0.1, -0.05) is 6.92 Å². The molecule has 0 saturated heterocycles. The van der Waals surface area contributed by atoms with Crippen LogP contribution < -0.4 is 10.7 Å². The Labute approximate surface area is 94.4 Å². The summed E-state index contributed by atoms with van der Waals surface area (Å²) in [6.45, 7) is 2.44. The summed E-state index contributed by atoms with van der Waals surface area (Å²) in [5.41, 5.74) is 2.66. The molecule has 0 radical (unpaired) electrons. The van der Waals surface area contributed by atoms with Gasteiger partial charge in [0.05, 0.1) is 12.6 Å². The molecule has 16 heavy (non-hydrogen) atoms. The molecule has 2 N–H and O–H groups in total. The lowest BCUT2D eigenvalue weighted by Gasteiger charge is -2.17. The number of nitrogens with one attached hydrogen (secondary N) is 2. The smallest absolute Gasteiger partial charge is 0.267 e. The summed E-state index contributed by atoms with van der Waals surface area (Å²) in [6, 6.07) is -0.0159. The van der Waals surface area contributed by atoms with E-state index in [4.69, 9.17) is 4.74 Å². The van der Waals surface area contributed by atoms with Crippen molar-refractivity contribution in [2.24, 2.45) is 5.10 Å². The van der Waals surface area contributed by atoms with Gasteiger partial charge in [0.1, 0.15) is 5.71 Å². The van der Waals surface area contributed by atoms with Gasteiger partial charge >= 0.3 is 0 Å². The second-order valence-corrected chi connectivity index (χ2v) is 3.63. The minimum atomic E-state index is -0.232. The van der Waals surface area contributed by atoms with E-state index >= 15 is 0 Å². The number of hydrogen-bond acceptors (Lipinski definition) is 4. The minimum Gasteiger partial charge on any atom is -0.383 e. The maximum absolute atomic E-state index is 11.7. The third-order valence-corrected chi connectivity index (χ3v) is 2.36. The summed E-state index contributed by atoms with van der Waals surface area (Å²) >= 11 is 0. The van der Waals surface area contributed by atoms with Crippen molar-refractivity contribution in [1.29, 1.82) is 0 Å². The molecule has 0 bridgehead atoms. The highest BCUT2D eigenvalue weighted by atomic mass is 16.5.